The molecule has 0 spiro atoms. The van der Waals surface area contributed by atoms with Crippen molar-refractivity contribution in [3.8, 4) is 0 Å². The maximum Gasteiger partial charge on any atom is 0.176 e. The van der Waals surface area contributed by atoms with Crippen LogP contribution in [0.25, 0.3) is 0 Å². The van der Waals surface area contributed by atoms with Crippen LogP contribution in [0, 0.1) is 11.6 Å². The van der Waals surface area contributed by atoms with Crippen LogP contribution < -0.4 is 0 Å². The monoisotopic (exact) mass is 273 g/mol. The van der Waals surface area contributed by atoms with Gasteiger partial charge in [0, 0.05) is 17.4 Å². The third kappa shape index (κ3) is 4.07. The normalized spacial score (nSPS) is 12.8. The van der Waals surface area contributed by atoms with E-state index in [1.54, 1.807) is 11.8 Å². The molecular formula is C13H17F2NOS. The van der Waals surface area contributed by atoms with Gasteiger partial charge in [0.1, 0.15) is 0 Å². The van der Waals surface area contributed by atoms with Crippen molar-refractivity contribution in [1.82, 2.24) is 4.90 Å². The number of ketones is 1. The number of benzene rings is 1. The van der Waals surface area contributed by atoms with E-state index in [2.05, 4.69) is 0 Å². The molecule has 1 unspecified atom stereocenters. The van der Waals surface area contributed by atoms with Gasteiger partial charge in [-0.1, -0.05) is 0 Å². The van der Waals surface area contributed by atoms with Gasteiger partial charge in [-0.2, -0.15) is 11.8 Å². The fourth-order valence-corrected chi connectivity index (χ4v) is 2.25. The molecule has 0 saturated carbocycles. The summed E-state index contributed by atoms with van der Waals surface area (Å²) in [6.45, 7) is 2.22. The number of carbonyl (C=O) groups is 1. The zero-order chi connectivity index (χ0) is 13.7. The topological polar surface area (TPSA) is 20.3 Å². The fourth-order valence-electron chi connectivity index (χ4n) is 1.51. The number of nitrogens with zero attached hydrogens (tertiary/aromatic N) is 1. The minimum Gasteiger partial charge on any atom is -0.295 e. The Balaban J connectivity index is 2.67. The van der Waals surface area contributed by atoms with Gasteiger partial charge < -0.3 is 0 Å². The van der Waals surface area contributed by atoms with Crippen LogP contribution in [0.4, 0.5) is 8.78 Å². The second kappa shape index (κ2) is 6.85. The Bertz CT molecular complexity index is 425. The molecule has 0 aliphatic carbocycles. The molecule has 5 heteroatoms. The van der Waals surface area contributed by atoms with Crippen molar-refractivity contribution in [2.75, 3.05) is 25.6 Å². The van der Waals surface area contributed by atoms with Gasteiger partial charge in [-0.15, -0.1) is 0 Å². The van der Waals surface area contributed by atoms with Gasteiger partial charge in [-0.05, 0) is 38.4 Å². The van der Waals surface area contributed by atoms with Gasteiger partial charge in [0.15, 0.2) is 17.4 Å². The summed E-state index contributed by atoms with van der Waals surface area (Å²) in [7, 11) is 1.85. The average Bonchev–Trinajstić information content (AvgIpc) is 2.32. The molecule has 0 amide bonds. The van der Waals surface area contributed by atoms with Crippen molar-refractivity contribution < 1.29 is 13.6 Å². The van der Waals surface area contributed by atoms with E-state index in [1.165, 1.54) is 6.07 Å². The predicted molar refractivity (Wildman–Crippen MR) is 71.2 cm³/mol. The molecule has 0 fully saturated rings. The summed E-state index contributed by atoms with van der Waals surface area (Å²) in [4.78, 5) is 13.8. The highest BCUT2D eigenvalue weighted by Crippen LogP contribution is 2.11. The predicted octanol–water partition coefficient (Wildman–Crippen LogP) is 2.83. The average molecular weight is 273 g/mol. The molecule has 1 atom stereocenters. The first kappa shape index (κ1) is 15.1. The molecule has 2 nitrogen and oxygen atoms in total. The van der Waals surface area contributed by atoms with Gasteiger partial charge in [-0.3, -0.25) is 9.69 Å². The number of rotatable bonds is 6. The highest BCUT2D eigenvalue weighted by Gasteiger charge is 2.15. The van der Waals surface area contributed by atoms with E-state index < -0.39 is 11.6 Å². The molecule has 0 N–H and O–H groups in total. The second-order valence-electron chi connectivity index (χ2n) is 4.27. The summed E-state index contributed by atoms with van der Waals surface area (Å²) in [5.74, 6) is -1.21. The lowest BCUT2D eigenvalue weighted by atomic mass is 10.1. The third-order valence-electron chi connectivity index (χ3n) is 2.79. The lowest BCUT2D eigenvalue weighted by Gasteiger charge is -2.23. The molecular weight excluding hydrogens is 256 g/mol. The van der Waals surface area contributed by atoms with Crippen LogP contribution >= 0.6 is 11.8 Å². The molecule has 18 heavy (non-hydrogen) atoms. The van der Waals surface area contributed by atoms with Crippen LogP contribution in [0.15, 0.2) is 18.2 Å². The van der Waals surface area contributed by atoms with Crippen molar-refractivity contribution in [1.29, 1.82) is 0 Å². The van der Waals surface area contributed by atoms with Crippen LogP contribution in [0.5, 0.6) is 0 Å². The van der Waals surface area contributed by atoms with Crippen LogP contribution in [-0.2, 0) is 0 Å². The molecule has 0 aliphatic heterocycles. The summed E-state index contributed by atoms with van der Waals surface area (Å²) < 4.78 is 25.8. The van der Waals surface area contributed by atoms with Crippen LogP contribution in [0.2, 0.25) is 0 Å². The minimum absolute atomic E-state index is 0.201. The molecule has 0 heterocycles. The summed E-state index contributed by atoms with van der Waals surface area (Å²) in [6.07, 6.45) is 2.00. The maximum absolute atomic E-state index is 13.0. The van der Waals surface area contributed by atoms with E-state index in [0.29, 0.717) is 0 Å². The Hall–Kier alpha value is -0.940. The smallest absolute Gasteiger partial charge is 0.176 e. The SMILES string of the molecule is CSCC(C)N(C)CC(=O)c1ccc(F)c(F)c1. The van der Waals surface area contributed by atoms with E-state index in [9.17, 15) is 13.6 Å². The van der Waals surface area contributed by atoms with Crippen LogP contribution in [0.3, 0.4) is 0 Å². The lowest BCUT2D eigenvalue weighted by Crippen LogP contribution is -2.35. The van der Waals surface area contributed by atoms with Crippen molar-refractivity contribution in [2.45, 2.75) is 13.0 Å². The third-order valence-corrected chi connectivity index (χ3v) is 3.61. The van der Waals surface area contributed by atoms with Crippen molar-refractivity contribution in [2.24, 2.45) is 0 Å². The quantitative estimate of drug-likeness (QED) is 0.743. The van der Waals surface area contributed by atoms with Gasteiger partial charge in [0.05, 0.1) is 6.54 Å². The first-order chi connectivity index (χ1) is 8.45. The lowest BCUT2D eigenvalue weighted by molar-refractivity contribution is 0.0930. The van der Waals surface area contributed by atoms with E-state index in [-0.39, 0.29) is 23.9 Å². The molecule has 0 saturated heterocycles. The number of hydrogen-bond donors (Lipinski definition) is 0. The first-order valence-electron chi connectivity index (χ1n) is 5.63. The number of hydrogen-bond acceptors (Lipinski definition) is 3. The number of likely N-dealkylation sites (N-methyl/N-ethyl adjacent to an activating group) is 1. The molecule has 0 radical (unpaired) electrons. The molecule has 0 aromatic heterocycles. The van der Waals surface area contributed by atoms with Crippen LogP contribution in [-0.4, -0.2) is 42.3 Å². The Morgan fingerprint density at radius 2 is 2.06 bits per heavy atom. The zero-order valence-electron chi connectivity index (χ0n) is 10.7. The maximum atomic E-state index is 13.0. The first-order valence-corrected chi connectivity index (χ1v) is 7.02. The highest BCUT2D eigenvalue weighted by molar-refractivity contribution is 7.98. The van der Waals surface area contributed by atoms with Gasteiger partial charge >= 0.3 is 0 Å². The standard InChI is InChI=1S/C13H17F2NOS/c1-9(8-18-3)16(2)7-13(17)10-4-5-11(14)12(15)6-10/h4-6,9H,7-8H2,1-3H3. The second-order valence-corrected chi connectivity index (χ2v) is 5.18. The summed E-state index contributed by atoms with van der Waals surface area (Å²) in [5.41, 5.74) is 0.206. The minimum atomic E-state index is -0.985. The molecule has 1 aromatic carbocycles. The summed E-state index contributed by atoms with van der Waals surface area (Å²) in [6, 6.07) is 3.50. The highest BCUT2D eigenvalue weighted by atomic mass is 32.2. The Kier molecular flexibility index (Phi) is 5.75. The van der Waals surface area contributed by atoms with Gasteiger partial charge in [0.25, 0.3) is 0 Å². The Morgan fingerprint density at radius 1 is 1.39 bits per heavy atom. The molecule has 1 rings (SSSR count). The van der Waals surface area contributed by atoms with E-state index >= 15 is 0 Å². The number of carbonyl (C=O) groups excluding carboxylic acids is 1. The van der Waals surface area contributed by atoms with Crippen molar-refractivity contribution >= 4 is 17.5 Å². The number of Topliss-reactive ketones (excluding diaryl/α,β-unsaturated/α-hetero) is 1. The largest absolute Gasteiger partial charge is 0.295 e. The molecule has 100 valence electrons. The van der Waals surface area contributed by atoms with E-state index in [1.807, 2.05) is 25.1 Å². The molecule has 0 aliphatic rings. The number of thioether (sulfide) groups is 1. The van der Waals surface area contributed by atoms with E-state index in [4.69, 9.17) is 0 Å². The van der Waals surface area contributed by atoms with Crippen molar-refractivity contribution in [3.63, 3.8) is 0 Å². The Labute approximate surface area is 110 Å². The Morgan fingerprint density at radius 3 is 2.61 bits per heavy atom. The number of halogens is 2. The summed E-state index contributed by atoms with van der Waals surface area (Å²) >= 11 is 1.70. The molecule has 0 bridgehead atoms. The summed E-state index contributed by atoms with van der Waals surface area (Å²) in [5, 5.41) is 0. The van der Waals surface area contributed by atoms with Gasteiger partial charge in [-0.25, -0.2) is 8.78 Å². The van der Waals surface area contributed by atoms with Crippen molar-refractivity contribution in [3.05, 3.63) is 35.4 Å². The molecule has 1 aromatic rings. The van der Waals surface area contributed by atoms with Gasteiger partial charge in [0.2, 0.25) is 0 Å². The fraction of sp³-hybridized carbons (Fsp3) is 0.462. The van der Waals surface area contributed by atoms with E-state index in [0.717, 1.165) is 17.9 Å². The zero-order valence-corrected chi connectivity index (χ0v) is 11.6. The van der Waals surface area contributed by atoms with Crippen LogP contribution in [0.1, 0.15) is 17.3 Å².